The molecule has 2 atom stereocenters. The van der Waals surface area contributed by atoms with E-state index in [1.807, 2.05) is 0 Å². The van der Waals surface area contributed by atoms with Gasteiger partial charge < -0.3 is 4.90 Å². The summed E-state index contributed by atoms with van der Waals surface area (Å²) in [7, 11) is 0. The number of rotatable bonds is 2. The Labute approximate surface area is 126 Å². The van der Waals surface area contributed by atoms with Crippen LogP contribution in [0, 0.1) is 0 Å². The van der Waals surface area contributed by atoms with E-state index in [0.29, 0.717) is 0 Å². The zero-order valence-corrected chi connectivity index (χ0v) is 15.0. The molecule has 2 unspecified atom stereocenters. The fraction of sp³-hybridized carbons (Fsp3) is 0.929. The van der Waals surface area contributed by atoms with Crippen LogP contribution in [0.1, 0.15) is 61.3 Å². The molecular weight excluding hydrogens is 339 g/mol. The van der Waals surface area contributed by atoms with Crippen molar-refractivity contribution in [1.29, 1.82) is 0 Å². The van der Waals surface area contributed by atoms with Crippen molar-refractivity contribution in [2.24, 2.45) is 0 Å². The van der Waals surface area contributed by atoms with E-state index in [2.05, 4.69) is 79.3 Å². The van der Waals surface area contributed by atoms with Crippen LogP contribution in [0.2, 0.25) is 0 Å². The van der Waals surface area contributed by atoms with E-state index in [1.165, 1.54) is 0 Å². The Hall–Kier alpha value is 0.160. The smallest absolute Gasteiger partial charge is 0.244 e. The van der Waals surface area contributed by atoms with Crippen molar-refractivity contribution in [1.82, 2.24) is 8.01 Å². The predicted octanol–water partition coefficient (Wildman–Crippen LogP) is 3.62. The number of piperazine rings is 1. The predicted molar refractivity (Wildman–Crippen MR) is 84.7 cm³/mol. The molecule has 1 heterocycles. The summed E-state index contributed by atoms with van der Waals surface area (Å²) in [5.41, 5.74) is -0.453. The van der Waals surface area contributed by atoms with Gasteiger partial charge in [-0.15, -0.1) is 0 Å². The Morgan fingerprint density at radius 2 is 1.72 bits per heavy atom. The minimum absolute atomic E-state index is 0.0481. The Balaban J connectivity index is 3.27. The molecule has 0 aromatic rings. The van der Waals surface area contributed by atoms with Crippen LogP contribution in [0.3, 0.4) is 0 Å². The molecule has 0 aliphatic carbocycles. The number of amides is 1. The van der Waals surface area contributed by atoms with Gasteiger partial charge in [0.1, 0.15) is 5.54 Å². The second-order valence-corrected chi connectivity index (χ2v) is 7.79. The Bertz CT molecular complexity index is 339. The highest BCUT2D eigenvalue weighted by Crippen LogP contribution is 2.42. The summed E-state index contributed by atoms with van der Waals surface area (Å²) in [5.74, 6) is 0.262. The quantitative estimate of drug-likeness (QED) is 0.551. The average molecular weight is 366 g/mol. The molecule has 0 aromatic carbocycles. The third kappa shape index (κ3) is 2.42. The fourth-order valence-corrected chi connectivity index (χ4v) is 3.57. The summed E-state index contributed by atoms with van der Waals surface area (Å²) in [4.78, 5) is 14.9. The van der Waals surface area contributed by atoms with E-state index in [-0.39, 0.29) is 17.0 Å². The summed E-state index contributed by atoms with van der Waals surface area (Å²) in [6, 6.07) is 0. The lowest BCUT2D eigenvalue weighted by atomic mass is 9.82. The Morgan fingerprint density at radius 3 is 2.06 bits per heavy atom. The van der Waals surface area contributed by atoms with Crippen molar-refractivity contribution >= 4 is 28.8 Å². The monoisotopic (exact) mass is 366 g/mol. The van der Waals surface area contributed by atoms with Gasteiger partial charge in [0, 0.05) is 40.5 Å². The van der Waals surface area contributed by atoms with E-state index in [1.54, 1.807) is 0 Å². The standard InChI is InChI=1S/C14H27IN2O/c1-8-13(6)10-16(12(3,4)5)11(18)14(7,9-2)17(13)15/h8-10H2,1-7H3. The Kier molecular flexibility index (Phi) is 4.44. The minimum atomic E-state index is -0.392. The molecule has 0 N–H and O–H groups in total. The topological polar surface area (TPSA) is 23.6 Å². The normalized spacial score (nSPS) is 35.1. The molecule has 0 saturated carbocycles. The summed E-state index contributed by atoms with van der Waals surface area (Å²) in [6.07, 6.45) is 1.89. The highest BCUT2D eigenvalue weighted by atomic mass is 127. The lowest BCUT2D eigenvalue weighted by Crippen LogP contribution is -2.72. The Morgan fingerprint density at radius 1 is 1.22 bits per heavy atom. The molecule has 1 aliphatic rings. The lowest BCUT2D eigenvalue weighted by molar-refractivity contribution is -0.158. The van der Waals surface area contributed by atoms with Crippen LogP contribution in [0.15, 0.2) is 0 Å². The largest absolute Gasteiger partial charge is 0.334 e. The average Bonchev–Trinajstić information content (AvgIpc) is 2.30. The summed E-state index contributed by atoms with van der Waals surface area (Å²) >= 11 is 2.35. The van der Waals surface area contributed by atoms with Gasteiger partial charge in [-0.25, -0.2) is 3.11 Å². The molecule has 3 nitrogen and oxygen atoms in total. The second-order valence-electron chi connectivity index (χ2n) is 6.82. The maximum Gasteiger partial charge on any atom is 0.244 e. The molecule has 1 saturated heterocycles. The van der Waals surface area contributed by atoms with Crippen LogP contribution in [-0.4, -0.2) is 37.1 Å². The molecule has 106 valence electrons. The van der Waals surface area contributed by atoms with Gasteiger partial charge in [-0.05, 0) is 47.5 Å². The summed E-state index contributed by atoms with van der Waals surface area (Å²) in [6.45, 7) is 15.8. The first-order valence-electron chi connectivity index (χ1n) is 6.81. The van der Waals surface area contributed by atoms with E-state index in [9.17, 15) is 4.79 Å². The zero-order chi connectivity index (χ0) is 14.4. The van der Waals surface area contributed by atoms with Crippen molar-refractivity contribution in [2.75, 3.05) is 6.54 Å². The molecule has 0 spiro atoms. The second kappa shape index (κ2) is 4.93. The van der Waals surface area contributed by atoms with Crippen molar-refractivity contribution in [3.8, 4) is 0 Å². The van der Waals surface area contributed by atoms with Crippen LogP contribution in [0.25, 0.3) is 0 Å². The molecule has 4 heteroatoms. The van der Waals surface area contributed by atoms with Gasteiger partial charge in [-0.2, -0.15) is 0 Å². The number of hydrogen-bond donors (Lipinski definition) is 0. The van der Waals surface area contributed by atoms with Crippen LogP contribution in [0.5, 0.6) is 0 Å². The first-order chi connectivity index (χ1) is 8.03. The van der Waals surface area contributed by atoms with E-state index >= 15 is 0 Å². The van der Waals surface area contributed by atoms with Crippen molar-refractivity contribution in [3.05, 3.63) is 0 Å². The van der Waals surface area contributed by atoms with Crippen LogP contribution < -0.4 is 0 Å². The summed E-state index contributed by atoms with van der Waals surface area (Å²) in [5, 5.41) is 0. The highest BCUT2D eigenvalue weighted by Gasteiger charge is 2.54. The fourth-order valence-electron chi connectivity index (χ4n) is 2.53. The molecule has 1 rings (SSSR count). The molecule has 1 aliphatic heterocycles. The molecule has 0 radical (unpaired) electrons. The van der Waals surface area contributed by atoms with Crippen LogP contribution >= 0.6 is 22.9 Å². The highest BCUT2D eigenvalue weighted by molar-refractivity contribution is 14.1. The van der Waals surface area contributed by atoms with E-state index < -0.39 is 5.54 Å². The zero-order valence-electron chi connectivity index (χ0n) is 12.8. The molecule has 1 amide bonds. The van der Waals surface area contributed by atoms with E-state index in [4.69, 9.17) is 0 Å². The van der Waals surface area contributed by atoms with Crippen molar-refractivity contribution < 1.29 is 4.79 Å². The maximum atomic E-state index is 12.8. The summed E-state index contributed by atoms with van der Waals surface area (Å²) < 4.78 is 2.27. The number of hydrogen-bond acceptors (Lipinski definition) is 2. The van der Waals surface area contributed by atoms with Crippen LogP contribution in [0.4, 0.5) is 0 Å². The third-order valence-electron chi connectivity index (χ3n) is 4.37. The van der Waals surface area contributed by atoms with Gasteiger partial charge in [-0.1, -0.05) is 13.8 Å². The van der Waals surface area contributed by atoms with Gasteiger partial charge in [0.25, 0.3) is 0 Å². The number of nitrogens with zero attached hydrogens (tertiary/aromatic N) is 2. The van der Waals surface area contributed by atoms with Gasteiger partial charge in [0.2, 0.25) is 5.91 Å². The minimum Gasteiger partial charge on any atom is -0.334 e. The molecule has 0 aromatic heterocycles. The number of carbonyl (C=O) groups is 1. The third-order valence-corrected chi connectivity index (χ3v) is 6.60. The van der Waals surface area contributed by atoms with Crippen LogP contribution in [-0.2, 0) is 4.79 Å². The first kappa shape index (κ1) is 16.2. The molecule has 1 fully saturated rings. The first-order valence-corrected chi connectivity index (χ1v) is 7.77. The molecule has 18 heavy (non-hydrogen) atoms. The number of halogens is 1. The lowest BCUT2D eigenvalue weighted by Gasteiger charge is -2.57. The maximum absolute atomic E-state index is 12.8. The molecule has 0 bridgehead atoms. The molecular formula is C14H27IN2O. The van der Waals surface area contributed by atoms with Gasteiger partial charge in [-0.3, -0.25) is 4.79 Å². The number of carbonyl (C=O) groups excluding carboxylic acids is 1. The SMILES string of the molecule is CCC1(C)CN(C(C)(C)C)C(=O)C(C)(CC)N1I. The van der Waals surface area contributed by atoms with E-state index in [0.717, 1.165) is 19.4 Å². The van der Waals surface area contributed by atoms with Gasteiger partial charge >= 0.3 is 0 Å². The van der Waals surface area contributed by atoms with Crippen molar-refractivity contribution in [2.45, 2.75) is 77.9 Å². The van der Waals surface area contributed by atoms with Crippen molar-refractivity contribution in [3.63, 3.8) is 0 Å². The van der Waals surface area contributed by atoms with Gasteiger partial charge in [0.15, 0.2) is 0 Å². The van der Waals surface area contributed by atoms with Gasteiger partial charge in [0.05, 0.1) is 0 Å².